The topological polar surface area (TPSA) is 227 Å². The average molecular weight is 640 g/mol. The van der Waals surface area contributed by atoms with E-state index in [2.05, 4.69) is 20.2 Å². The summed E-state index contributed by atoms with van der Waals surface area (Å²) in [5.74, 6) is -2.73. The molecule has 7 N–H and O–H groups in total. The van der Waals surface area contributed by atoms with Crippen molar-refractivity contribution in [2.75, 3.05) is 32.6 Å². The van der Waals surface area contributed by atoms with Gasteiger partial charge in [-0.25, -0.2) is 9.78 Å². The van der Waals surface area contributed by atoms with Gasteiger partial charge in [-0.05, 0) is 62.3 Å². The number of hydrogen-bond acceptors (Lipinski definition) is 10. The lowest BCUT2D eigenvalue weighted by molar-refractivity contribution is -0.170. The largest absolute Gasteiger partial charge is 0.496 e. The Morgan fingerprint density at radius 1 is 0.935 bits per heavy atom. The van der Waals surface area contributed by atoms with E-state index in [1.54, 1.807) is 20.3 Å². The maximum Gasteiger partial charge on any atom is 0.336 e. The molecule has 4 aromatic rings. The number of anilines is 1. The van der Waals surface area contributed by atoms with Crippen LogP contribution in [0.2, 0.25) is 0 Å². The van der Waals surface area contributed by atoms with Gasteiger partial charge in [-0.2, -0.15) is 0 Å². The molecule has 0 atom stereocenters. The Morgan fingerprint density at radius 2 is 1.59 bits per heavy atom. The zero-order chi connectivity index (χ0) is 33.4. The quantitative estimate of drug-likeness (QED) is 0.118. The Bertz CT molecular complexity index is 1760. The molecule has 0 saturated carbocycles. The van der Waals surface area contributed by atoms with Crippen LogP contribution in [0.25, 0.3) is 21.9 Å². The maximum absolute atomic E-state index is 12.7. The van der Waals surface area contributed by atoms with Gasteiger partial charge < -0.3 is 45.2 Å². The normalized spacial score (nSPS) is 13.5. The number of aliphatic carboxylic acids is 3. The summed E-state index contributed by atoms with van der Waals surface area (Å²) < 4.78 is 10.9. The molecule has 0 bridgehead atoms. The first-order chi connectivity index (χ1) is 21.9. The molecule has 3 heterocycles. The third kappa shape index (κ3) is 8.31. The Hall–Kier alpha value is -5.15. The highest BCUT2D eigenvalue weighted by Gasteiger charge is 2.40. The van der Waals surface area contributed by atoms with Crippen LogP contribution in [0, 0.1) is 0 Å². The summed E-state index contributed by atoms with van der Waals surface area (Å²) >= 11 is 0. The number of imidazole rings is 1. The summed E-state index contributed by atoms with van der Waals surface area (Å²) in [4.78, 5) is 56.8. The number of aromatic amines is 2. The zero-order valence-corrected chi connectivity index (χ0v) is 25.5. The number of piperidine rings is 1. The predicted molar refractivity (Wildman–Crippen MR) is 167 cm³/mol. The number of ether oxygens (including phenoxy) is 2. The fourth-order valence-electron chi connectivity index (χ4n) is 5.25. The summed E-state index contributed by atoms with van der Waals surface area (Å²) in [6, 6.07) is 11.5. The minimum absolute atomic E-state index is 0.159. The third-order valence-electron chi connectivity index (χ3n) is 7.58. The fraction of sp³-hybridized carbons (Fsp3) is 0.387. The second-order valence-electron chi connectivity index (χ2n) is 11.0. The van der Waals surface area contributed by atoms with Crippen molar-refractivity contribution in [2.45, 2.75) is 50.8 Å². The van der Waals surface area contributed by atoms with E-state index < -0.39 is 36.4 Å². The van der Waals surface area contributed by atoms with Crippen molar-refractivity contribution in [3.63, 3.8) is 0 Å². The van der Waals surface area contributed by atoms with E-state index >= 15 is 0 Å². The lowest BCUT2D eigenvalue weighted by Gasteiger charge is -2.25. The van der Waals surface area contributed by atoms with Gasteiger partial charge in [-0.15, -0.1) is 0 Å². The van der Waals surface area contributed by atoms with Gasteiger partial charge in [0.2, 0.25) is 0 Å². The molecule has 246 valence electrons. The monoisotopic (exact) mass is 639 g/mol. The highest BCUT2D eigenvalue weighted by atomic mass is 16.5. The predicted octanol–water partition coefficient (Wildman–Crippen LogP) is 2.77. The van der Waals surface area contributed by atoms with Gasteiger partial charge in [0.25, 0.3) is 5.56 Å². The smallest absolute Gasteiger partial charge is 0.336 e. The van der Waals surface area contributed by atoms with Crippen LogP contribution in [0.3, 0.4) is 0 Å². The first kappa shape index (κ1) is 33.7. The first-order valence-electron chi connectivity index (χ1n) is 14.5. The number of nitrogens with zero attached hydrogens (tertiary/aromatic N) is 2. The van der Waals surface area contributed by atoms with Crippen LogP contribution in [0.4, 0.5) is 5.69 Å². The standard InChI is InChI=1S/C25H29N5O3.C6H8O7/c1-32-21-8-9-22(33-2)24-18(21)12-16(25(31)29-24)14-26-17-6-7-19-20(13-17)28-23(27-19)15-30-10-4-3-5-11-30;7-3(8)1-6(13,5(11)12)2-4(9)10/h6-9,12-13,26H,3-5,10-11,14-15H2,1-2H3,(H,27,28)(H,29,31);13H,1-2H2,(H,7,8)(H,9,10)(H,11,12). The minimum Gasteiger partial charge on any atom is -0.496 e. The number of rotatable bonds is 12. The minimum atomic E-state index is -2.74. The molecule has 46 heavy (non-hydrogen) atoms. The lowest BCUT2D eigenvalue weighted by Crippen LogP contribution is -2.42. The molecule has 2 aromatic carbocycles. The van der Waals surface area contributed by atoms with Gasteiger partial charge in [-0.1, -0.05) is 6.42 Å². The summed E-state index contributed by atoms with van der Waals surface area (Å²) in [6.07, 6.45) is 1.57. The molecule has 0 radical (unpaired) electrons. The molecule has 0 spiro atoms. The molecule has 15 nitrogen and oxygen atoms in total. The van der Waals surface area contributed by atoms with Crippen molar-refractivity contribution < 1.29 is 44.3 Å². The number of carboxylic acids is 3. The average Bonchev–Trinajstić information content (AvgIpc) is 3.41. The van der Waals surface area contributed by atoms with Crippen LogP contribution in [0.15, 0.2) is 41.2 Å². The van der Waals surface area contributed by atoms with E-state index in [1.807, 2.05) is 30.3 Å². The highest BCUT2D eigenvalue weighted by Crippen LogP contribution is 2.31. The van der Waals surface area contributed by atoms with Gasteiger partial charge in [0.15, 0.2) is 5.60 Å². The van der Waals surface area contributed by atoms with E-state index in [-0.39, 0.29) is 5.56 Å². The molecule has 15 heteroatoms. The van der Waals surface area contributed by atoms with Crippen molar-refractivity contribution in [1.29, 1.82) is 0 Å². The number of carboxylic acid groups (broad SMARTS) is 3. The van der Waals surface area contributed by atoms with E-state index in [1.165, 1.54) is 19.3 Å². The van der Waals surface area contributed by atoms with E-state index in [9.17, 15) is 19.2 Å². The van der Waals surface area contributed by atoms with E-state index in [4.69, 9.17) is 34.9 Å². The molecule has 0 aliphatic carbocycles. The van der Waals surface area contributed by atoms with Crippen LogP contribution in [-0.4, -0.2) is 91.1 Å². The van der Waals surface area contributed by atoms with Crippen molar-refractivity contribution in [3.05, 3.63) is 58.1 Å². The van der Waals surface area contributed by atoms with Crippen LogP contribution < -0.4 is 20.3 Å². The summed E-state index contributed by atoms with van der Waals surface area (Å²) in [7, 11) is 3.20. The number of likely N-dealkylation sites (tertiary alicyclic amines) is 1. The molecular weight excluding hydrogens is 602 g/mol. The Labute approximate surface area is 262 Å². The van der Waals surface area contributed by atoms with Crippen molar-refractivity contribution in [3.8, 4) is 11.5 Å². The molecule has 5 rings (SSSR count). The second kappa shape index (κ2) is 14.8. The SMILES string of the molecule is COc1ccc(OC)c2[nH]c(=O)c(CNc3ccc4nc(CN5CCCCC5)[nH]c4c3)cc12.O=C(O)CC(O)(CC(=O)O)C(=O)O. The van der Waals surface area contributed by atoms with Crippen LogP contribution >= 0.6 is 0 Å². The number of aromatic nitrogens is 3. The fourth-order valence-corrected chi connectivity index (χ4v) is 5.25. The van der Waals surface area contributed by atoms with Crippen molar-refractivity contribution in [2.24, 2.45) is 0 Å². The maximum atomic E-state index is 12.7. The number of pyridine rings is 1. The number of carbonyl (C=O) groups is 3. The number of hydrogen-bond donors (Lipinski definition) is 7. The summed E-state index contributed by atoms with van der Waals surface area (Å²) in [5, 5.41) is 38.0. The zero-order valence-electron chi connectivity index (χ0n) is 25.5. The number of nitrogens with one attached hydrogen (secondary N) is 3. The van der Waals surface area contributed by atoms with Crippen molar-refractivity contribution >= 4 is 45.5 Å². The van der Waals surface area contributed by atoms with E-state index in [0.717, 1.165) is 47.6 Å². The van der Waals surface area contributed by atoms with Gasteiger partial charge in [-0.3, -0.25) is 19.3 Å². The Balaban J connectivity index is 0.000000315. The highest BCUT2D eigenvalue weighted by molar-refractivity contribution is 5.90. The first-order valence-corrected chi connectivity index (χ1v) is 14.5. The second-order valence-corrected chi connectivity index (χ2v) is 11.0. The summed E-state index contributed by atoms with van der Waals surface area (Å²) in [6.45, 7) is 3.52. The van der Waals surface area contributed by atoms with Gasteiger partial charge in [0.1, 0.15) is 17.3 Å². The van der Waals surface area contributed by atoms with E-state index in [0.29, 0.717) is 29.1 Å². The number of fused-ring (bicyclic) bond motifs is 2. The van der Waals surface area contributed by atoms with Crippen LogP contribution in [-0.2, 0) is 27.5 Å². The van der Waals surface area contributed by atoms with Gasteiger partial charge in [0.05, 0.1) is 50.2 Å². The number of methoxy groups -OCH3 is 2. The molecule has 2 aromatic heterocycles. The molecule has 1 aliphatic heterocycles. The number of benzene rings is 2. The number of H-pyrrole nitrogens is 2. The molecule has 1 fully saturated rings. The Kier molecular flexibility index (Phi) is 10.8. The molecule has 0 amide bonds. The molecule has 1 saturated heterocycles. The van der Waals surface area contributed by atoms with Gasteiger partial charge in [0, 0.05) is 23.2 Å². The molecule has 0 unspecified atom stereocenters. The number of aliphatic hydroxyl groups is 1. The third-order valence-corrected chi connectivity index (χ3v) is 7.58. The van der Waals surface area contributed by atoms with Crippen molar-refractivity contribution in [1.82, 2.24) is 19.9 Å². The Morgan fingerprint density at radius 3 is 2.20 bits per heavy atom. The summed E-state index contributed by atoms with van der Waals surface area (Å²) in [5.41, 5.74) is 1.22. The van der Waals surface area contributed by atoms with Crippen LogP contribution in [0.1, 0.15) is 43.5 Å². The molecular formula is C31H37N5O10. The van der Waals surface area contributed by atoms with Gasteiger partial charge >= 0.3 is 17.9 Å². The lowest BCUT2D eigenvalue weighted by atomic mass is 9.96. The van der Waals surface area contributed by atoms with Crippen LogP contribution in [0.5, 0.6) is 11.5 Å². The molecule has 1 aliphatic rings.